The fourth-order valence-corrected chi connectivity index (χ4v) is 10.6. The van der Waals surface area contributed by atoms with Crippen molar-refractivity contribution in [2.45, 2.75) is 224 Å². The third kappa shape index (κ3) is 22.2. The van der Waals surface area contributed by atoms with E-state index in [1.165, 1.54) is 6.92 Å². The highest BCUT2D eigenvalue weighted by Crippen LogP contribution is 2.40. The summed E-state index contributed by atoms with van der Waals surface area (Å²) < 4.78 is 56.4. The van der Waals surface area contributed by atoms with Crippen LogP contribution in [0.2, 0.25) is 0 Å². The Morgan fingerprint density at radius 1 is 0.548 bits per heavy atom. The Balaban J connectivity index is 0.000000353. The Labute approximate surface area is 514 Å². The molecule has 9 rings (SSSR count). The zero-order valence-corrected chi connectivity index (χ0v) is 53.6. The maximum Gasteiger partial charge on any atom is 0.304 e. The maximum absolute atomic E-state index is 10.9. The topological polar surface area (TPSA) is 317 Å². The number of benzene rings is 2. The molecule has 488 valence electrons. The second-order valence-corrected chi connectivity index (χ2v) is 24.1. The number of alkyl halides is 2. The van der Waals surface area contributed by atoms with Crippen LogP contribution in [-0.2, 0) is 52.2 Å². The van der Waals surface area contributed by atoms with Crippen LogP contribution in [0.25, 0.3) is 0 Å². The highest BCUT2D eigenvalue weighted by molar-refractivity contribution is 6.43. The molecule has 0 aromatic heterocycles. The molecule has 2 aromatic rings. The van der Waals surface area contributed by atoms with Gasteiger partial charge in [-0.05, 0) is 57.8 Å². The SMILES string of the molecule is CC(Cl)Cl.CC1[C@H](C)OC(CO)[C@@H](O)[C@@H]1O.CC1[C@H](C)OC2COC(c3ccccc3)O[C@H]2[C@@H]1C.CC1[C@H](C)OC2COC(c3ccccc3)O[C@H]2[C@@H]1O.CCC1O[C@@H](OC(C)=O)C(C)[C@@H](C)[C@@H]1C.CO.Cl.NC1C(O)OC(CO)[C@@H](O)[C@@H]1O. The molecule has 84 heavy (non-hydrogen) atoms. The van der Waals surface area contributed by atoms with Gasteiger partial charge in [0.15, 0.2) is 18.9 Å². The lowest BCUT2D eigenvalue weighted by Crippen LogP contribution is -2.61. The normalized spacial score (nSPS) is 41.2. The van der Waals surface area contributed by atoms with Gasteiger partial charge >= 0.3 is 5.97 Å². The van der Waals surface area contributed by atoms with Gasteiger partial charge in [0.1, 0.15) is 53.7 Å². The largest absolute Gasteiger partial charge is 0.436 e. The summed E-state index contributed by atoms with van der Waals surface area (Å²) >= 11 is 10.1. The van der Waals surface area contributed by atoms with Crippen LogP contribution >= 0.6 is 35.6 Å². The van der Waals surface area contributed by atoms with Crippen LogP contribution in [0.15, 0.2) is 60.7 Å². The molecule has 24 heteroatoms. The van der Waals surface area contributed by atoms with E-state index in [1.807, 2.05) is 88.4 Å². The molecule has 7 aliphatic rings. The number of hydrogen-bond donors (Lipinski definition) is 10. The first-order chi connectivity index (χ1) is 39.2. The monoisotopic (exact) mass is 1260 g/mol. The summed E-state index contributed by atoms with van der Waals surface area (Å²) in [6.45, 7) is 26.3. The molecule has 0 aliphatic carbocycles. The van der Waals surface area contributed by atoms with Gasteiger partial charge in [0.2, 0.25) is 6.29 Å². The molecule has 21 nitrogen and oxygen atoms in total. The first-order valence-corrected chi connectivity index (χ1v) is 29.9. The molecule has 0 bridgehead atoms. The van der Waals surface area contributed by atoms with Crippen molar-refractivity contribution in [3.63, 3.8) is 0 Å². The summed E-state index contributed by atoms with van der Waals surface area (Å²) in [7, 11) is 1.00. The zero-order valence-electron chi connectivity index (χ0n) is 51.2. The molecule has 7 fully saturated rings. The Hall–Kier alpha value is -1.98. The number of fused-ring (bicyclic) bond motifs is 2. The first kappa shape index (κ1) is 78.1. The van der Waals surface area contributed by atoms with Gasteiger partial charge in [-0.3, -0.25) is 4.79 Å². The van der Waals surface area contributed by atoms with Gasteiger partial charge in [-0.2, -0.15) is 0 Å². The van der Waals surface area contributed by atoms with Gasteiger partial charge < -0.3 is 99.1 Å². The Morgan fingerprint density at radius 3 is 1.43 bits per heavy atom. The third-order valence-electron chi connectivity index (χ3n) is 16.9. The number of carbonyl (C=O) groups excluding carboxylic acids is 1. The number of rotatable bonds is 6. The summed E-state index contributed by atoms with van der Waals surface area (Å²) in [6, 6.07) is 18.9. The third-order valence-corrected chi connectivity index (χ3v) is 16.9. The quantitative estimate of drug-likeness (QED) is 0.129. The number of aliphatic hydroxyl groups excluding tert-OH is 9. The van der Waals surface area contributed by atoms with Crippen molar-refractivity contribution in [2.75, 3.05) is 33.5 Å². The second kappa shape index (κ2) is 38.5. The zero-order chi connectivity index (χ0) is 62.6. The molecule has 0 spiro atoms. The molecule has 7 heterocycles. The van der Waals surface area contributed by atoms with E-state index in [1.54, 1.807) is 6.92 Å². The minimum absolute atomic E-state index is 0. The minimum atomic E-state index is -1.35. The molecule has 0 radical (unpaired) electrons. The molecule has 13 unspecified atom stereocenters. The first-order valence-electron chi connectivity index (χ1n) is 29.1. The number of aliphatic hydroxyl groups is 9. The number of carbonyl (C=O) groups is 1. The molecular formula is C60H102Cl3NO20. The maximum atomic E-state index is 10.9. The van der Waals surface area contributed by atoms with Crippen LogP contribution in [-0.4, -0.2) is 200 Å². The molecule has 7 saturated heterocycles. The fraction of sp³-hybridized carbons (Fsp3) is 0.783. The van der Waals surface area contributed by atoms with E-state index in [2.05, 4.69) is 48.5 Å². The highest BCUT2D eigenvalue weighted by Gasteiger charge is 2.48. The van der Waals surface area contributed by atoms with Gasteiger partial charge in [0.25, 0.3) is 0 Å². The predicted octanol–water partition coefficient (Wildman–Crippen LogP) is 5.35. The van der Waals surface area contributed by atoms with Gasteiger partial charge in [-0.25, -0.2) is 0 Å². The van der Waals surface area contributed by atoms with Crippen molar-refractivity contribution in [1.29, 1.82) is 0 Å². The van der Waals surface area contributed by atoms with Crippen LogP contribution < -0.4 is 5.73 Å². The molecule has 0 saturated carbocycles. The molecule has 0 amide bonds. The van der Waals surface area contributed by atoms with E-state index in [9.17, 15) is 30.3 Å². The molecular weight excluding hydrogens is 1160 g/mol. The minimum Gasteiger partial charge on any atom is -0.436 e. The van der Waals surface area contributed by atoms with Gasteiger partial charge in [0.05, 0.1) is 75.2 Å². The highest BCUT2D eigenvalue weighted by atomic mass is 35.5. The number of halogens is 3. The van der Waals surface area contributed by atoms with Crippen molar-refractivity contribution in [3.8, 4) is 0 Å². The lowest BCUT2D eigenvalue weighted by molar-refractivity contribution is -0.318. The fourth-order valence-electron chi connectivity index (χ4n) is 10.6. The lowest BCUT2D eigenvalue weighted by atomic mass is 9.78. The van der Waals surface area contributed by atoms with E-state index in [0.29, 0.717) is 36.9 Å². The van der Waals surface area contributed by atoms with Gasteiger partial charge in [-0.1, -0.05) is 116 Å². The Morgan fingerprint density at radius 2 is 0.964 bits per heavy atom. The summed E-state index contributed by atoms with van der Waals surface area (Å²) in [6.07, 6.45) is -7.76. The summed E-state index contributed by atoms with van der Waals surface area (Å²) in [5.74, 6) is 2.03. The van der Waals surface area contributed by atoms with E-state index in [4.69, 9.17) is 96.7 Å². The average Bonchev–Trinajstić information content (AvgIpc) is 3.56. The second-order valence-electron chi connectivity index (χ2n) is 22.5. The van der Waals surface area contributed by atoms with Gasteiger partial charge in [0, 0.05) is 42.9 Å². The molecule has 11 N–H and O–H groups in total. The van der Waals surface area contributed by atoms with Crippen LogP contribution in [0.3, 0.4) is 0 Å². The van der Waals surface area contributed by atoms with Crippen molar-refractivity contribution < 1.29 is 98.1 Å². The Bertz CT molecular complexity index is 1930. The van der Waals surface area contributed by atoms with Crippen molar-refractivity contribution in [2.24, 2.45) is 47.2 Å². The standard InChI is InChI=1S/C16H22O3.C15H20O4.C12H22O3.C8H16O4.C6H13NO5.C2H4Cl2.CH4O.ClH/c1-10-11(2)15-14(18-12(10)3)9-17-16(19-15)13-7-5-4-6-8-13;1-9-10(2)18-12-8-17-15(19-14(12)13(9)16)11-6-4-3-5-7-11;1-6-11-8(3)7(2)9(4)12(15-11)14-10(5)13;1-4-5(2)12-6(3-9)8(11)7(4)10;7-3-5(10)4(9)2(1-8)12-6(3)11;1-2(3)4;1-2;/h4-8,10-12,14-16H,9H2,1-3H3;3-7,9-10,12-16H,8H2,1-2H3;7-9,11-12H,6H2,1-5H3;4-11H,3H2,1-2H3;2-6,8-11H,1,7H2;2H,1H3;2H,1H3;1H/t10?,11-,12+,14?,15+,16?;9?,10-,12?,13+,14+,15?;7-,8-,9?,11?,12+;4?,5-,6?,7+,8+;2?,3?,4-,5-,6?;;;/m10001.../s1. The van der Waals surface area contributed by atoms with E-state index < -0.39 is 68.0 Å². The number of ether oxygens (including phenoxy) is 10. The van der Waals surface area contributed by atoms with Crippen LogP contribution in [0, 0.1) is 41.4 Å². The average molecular weight is 1260 g/mol. The van der Waals surface area contributed by atoms with Crippen molar-refractivity contribution in [3.05, 3.63) is 71.8 Å². The predicted molar refractivity (Wildman–Crippen MR) is 318 cm³/mol. The lowest BCUT2D eigenvalue weighted by Gasteiger charge is -2.47. The van der Waals surface area contributed by atoms with Crippen LogP contribution in [0.4, 0.5) is 0 Å². The Kier molecular flexibility index (Phi) is 35.8. The van der Waals surface area contributed by atoms with E-state index in [0.717, 1.165) is 24.7 Å². The summed E-state index contributed by atoms with van der Waals surface area (Å²) in [5, 5.41) is 81.1. The van der Waals surface area contributed by atoms with Crippen molar-refractivity contribution >= 4 is 41.6 Å². The number of hydrogen-bond acceptors (Lipinski definition) is 21. The van der Waals surface area contributed by atoms with Gasteiger partial charge in [-0.15, -0.1) is 35.6 Å². The smallest absolute Gasteiger partial charge is 0.304 e. The van der Waals surface area contributed by atoms with Crippen molar-refractivity contribution in [1.82, 2.24) is 0 Å². The van der Waals surface area contributed by atoms with Crippen LogP contribution in [0.1, 0.15) is 120 Å². The summed E-state index contributed by atoms with van der Waals surface area (Å²) in [4.78, 5) is 10.7. The van der Waals surface area contributed by atoms with E-state index in [-0.39, 0.29) is 109 Å². The number of esters is 1. The molecule has 27 atom stereocenters. The number of nitrogens with two attached hydrogens (primary N) is 1. The molecule has 2 aromatic carbocycles. The summed E-state index contributed by atoms with van der Waals surface area (Å²) in [5.41, 5.74) is 7.32. The molecule has 7 aliphatic heterocycles. The van der Waals surface area contributed by atoms with Crippen LogP contribution in [0.5, 0.6) is 0 Å². The van der Waals surface area contributed by atoms with E-state index >= 15 is 0 Å².